The normalized spacial score (nSPS) is 18.3. The van der Waals surface area contributed by atoms with Gasteiger partial charge in [-0.05, 0) is 40.9 Å². The Hall–Kier alpha value is -0.550. The lowest BCUT2D eigenvalue weighted by molar-refractivity contribution is 0.412. The second-order valence-corrected chi connectivity index (χ2v) is 6.93. The Kier molecular flexibility index (Phi) is 4.86. The van der Waals surface area contributed by atoms with Crippen LogP contribution >= 0.6 is 27.3 Å². The molecule has 1 aromatic rings. The van der Waals surface area contributed by atoms with E-state index in [0.717, 1.165) is 3.79 Å². The summed E-state index contributed by atoms with van der Waals surface area (Å²) in [7, 11) is 0. The summed E-state index contributed by atoms with van der Waals surface area (Å²) in [5.74, 6) is 0.585. The maximum absolute atomic E-state index is 5.89. The first kappa shape index (κ1) is 12.9. The zero-order chi connectivity index (χ0) is 12.1. The van der Waals surface area contributed by atoms with Crippen LogP contribution in [0, 0.1) is 0 Å². The lowest BCUT2D eigenvalue weighted by Crippen LogP contribution is -2.41. The highest BCUT2D eigenvalue weighted by Crippen LogP contribution is 2.22. The summed E-state index contributed by atoms with van der Waals surface area (Å²) in [4.78, 5) is 5.60. The largest absolute Gasteiger partial charge is 0.370 e. The fraction of sp³-hybridized carbons (Fsp3) is 0.583. The summed E-state index contributed by atoms with van der Waals surface area (Å²) in [6.07, 6.45) is 6.42. The van der Waals surface area contributed by atoms with Gasteiger partial charge in [-0.25, -0.2) is 4.99 Å². The van der Waals surface area contributed by atoms with Crippen LogP contribution in [0.1, 0.15) is 37.0 Å². The van der Waals surface area contributed by atoms with E-state index < -0.39 is 0 Å². The number of hydrogen-bond acceptors (Lipinski definition) is 2. The highest BCUT2D eigenvalue weighted by atomic mass is 79.9. The number of thiophene rings is 1. The van der Waals surface area contributed by atoms with E-state index in [1.807, 2.05) is 6.07 Å². The average molecular weight is 316 g/mol. The van der Waals surface area contributed by atoms with E-state index in [-0.39, 0.29) is 0 Å². The van der Waals surface area contributed by atoms with Crippen LogP contribution in [0.3, 0.4) is 0 Å². The Morgan fingerprint density at radius 1 is 1.41 bits per heavy atom. The predicted molar refractivity (Wildman–Crippen MR) is 77.4 cm³/mol. The molecule has 0 atom stereocenters. The number of hydrogen-bond donors (Lipinski definition) is 2. The van der Waals surface area contributed by atoms with Gasteiger partial charge in [0.25, 0.3) is 0 Å². The van der Waals surface area contributed by atoms with Crippen molar-refractivity contribution in [3.05, 3.63) is 20.8 Å². The van der Waals surface area contributed by atoms with Gasteiger partial charge in [0.15, 0.2) is 5.96 Å². The first-order chi connectivity index (χ1) is 8.24. The monoisotopic (exact) mass is 315 g/mol. The molecule has 94 valence electrons. The summed E-state index contributed by atoms with van der Waals surface area (Å²) < 4.78 is 1.14. The van der Waals surface area contributed by atoms with Gasteiger partial charge in [0.2, 0.25) is 0 Å². The second kappa shape index (κ2) is 6.40. The summed E-state index contributed by atoms with van der Waals surface area (Å²) >= 11 is 5.14. The van der Waals surface area contributed by atoms with Crippen molar-refractivity contribution in [1.29, 1.82) is 0 Å². The zero-order valence-electron chi connectivity index (χ0n) is 9.79. The number of nitrogens with two attached hydrogens (primary N) is 1. The lowest BCUT2D eigenvalue weighted by Gasteiger charge is -2.23. The van der Waals surface area contributed by atoms with Gasteiger partial charge in [0, 0.05) is 10.9 Å². The molecule has 0 aromatic carbocycles. The number of nitrogens with zero attached hydrogens (tertiary/aromatic N) is 1. The number of nitrogens with one attached hydrogen (secondary N) is 1. The van der Waals surface area contributed by atoms with Gasteiger partial charge < -0.3 is 11.1 Å². The minimum atomic E-state index is 0.530. The van der Waals surface area contributed by atoms with Crippen molar-refractivity contribution in [2.75, 3.05) is 0 Å². The Labute approximate surface area is 115 Å². The molecule has 5 heteroatoms. The molecule has 0 bridgehead atoms. The molecule has 3 N–H and O–H groups in total. The molecule has 1 fully saturated rings. The minimum absolute atomic E-state index is 0.530. The molecular weight excluding hydrogens is 298 g/mol. The van der Waals surface area contributed by atoms with Gasteiger partial charge in [-0.15, -0.1) is 11.3 Å². The Balaban J connectivity index is 1.80. The molecular formula is C12H18BrN3S. The van der Waals surface area contributed by atoms with E-state index in [4.69, 9.17) is 5.73 Å². The van der Waals surface area contributed by atoms with Gasteiger partial charge in [-0.3, -0.25) is 0 Å². The molecule has 0 saturated heterocycles. The molecule has 0 radical (unpaired) electrons. The van der Waals surface area contributed by atoms with E-state index in [9.17, 15) is 0 Å². The highest BCUT2D eigenvalue weighted by Gasteiger charge is 2.13. The highest BCUT2D eigenvalue weighted by molar-refractivity contribution is 9.11. The Bertz CT molecular complexity index is 383. The topological polar surface area (TPSA) is 50.4 Å². The maximum atomic E-state index is 5.89. The fourth-order valence-electron chi connectivity index (χ4n) is 2.10. The van der Waals surface area contributed by atoms with Crippen LogP contribution < -0.4 is 11.1 Å². The van der Waals surface area contributed by atoms with Crippen LogP contribution in [0.15, 0.2) is 20.9 Å². The van der Waals surface area contributed by atoms with Crippen molar-refractivity contribution in [1.82, 2.24) is 5.32 Å². The molecule has 0 aliphatic heterocycles. The molecule has 1 aliphatic carbocycles. The van der Waals surface area contributed by atoms with Crippen LogP contribution in [0.5, 0.6) is 0 Å². The summed E-state index contributed by atoms with van der Waals surface area (Å²) in [6, 6.07) is 4.65. The molecule has 1 saturated carbocycles. The van der Waals surface area contributed by atoms with Crippen LogP contribution in [0.25, 0.3) is 0 Å². The Morgan fingerprint density at radius 2 is 2.18 bits per heavy atom. The van der Waals surface area contributed by atoms with Crippen molar-refractivity contribution in [3.63, 3.8) is 0 Å². The third-order valence-electron chi connectivity index (χ3n) is 2.99. The van der Waals surface area contributed by atoms with Crippen LogP contribution in [0.4, 0.5) is 0 Å². The second-order valence-electron chi connectivity index (χ2n) is 4.39. The van der Waals surface area contributed by atoms with Crippen LogP contribution in [-0.4, -0.2) is 12.0 Å². The molecule has 0 amide bonds. The molecule has 1 aromatic heterocycles. The average Bonchev–Trinajstić information content (AvgIpc) is 2.74. The van der Waals surface area contributed by atoms with E-state index in [2.05, 4.69) is 32.3 Å². The molecule has 1 heterocycles. The summed E-state index contributed by atoms with van der Waals surface area (Å²) in [5, 5.41) is 3.32. The van der Waals surface area contributed by atoms with Gasteiger partial charge in [-0.1, -0.05) is 19.3 Å². The number of rotatable bonds is 3. The van der Waals surface area contributed by atoms with Crippen molar-refractivity contribution < 1.29 is 0 Å². The SMILES string of the molecule is NC(=NCc1ccc(Br)s1)NC1CCCCC1. The molecule has 0 spiro atoms. The first-order valence-corrected chi connectivity index (χ1v) is 7.65. The van der Waals surface area contributed by atoms with E-state index in [1.54, 1.807) is 11.3 Å². The van der Waals surface area contributed by atoms with Gasteiger partial charge in [0.05, 0.1) is 10.3 Å². The smallest absolute Gasteiger partial charge is 0.189 e. The predicted octanol–water partition coefficient (Wildman–Crippen LogP) is 3.25. The van der Waals surface area contributed by atoms with E-state index in [1.165, 1.54) is 37.0 Å². The standard InChI is InChI=1S/C12H18BrN3S/c13-11-7-6-10(17-11)8-15-12(14)16-9-4-2-1-3-5-9/h6-7,9H,1-5,8H2,(H3,14,15,16). The van der Waals surface area contributed by atoms with Crippen molar-refractivity contribution in [3.8, 4) is 0 Å². The quantitative estimate of drug-likeness (QED) is 0.664. The maximum Gasteiger partial charge on any atom is 0.189 e. The van der Waals surface area contributed by atoms with E-state index >= 15 is 0 Å². The summed E-state index contributed by atoms with van der Waals surface area (Å²) in [6.45, 7) is 0.668. The number of halogens is 1. The molecule has 17 heavy (non-hydrogen) atoms. The van der Waals surface area contributed by atoms with Crippen molar-refractivity contribution in [2.24, 2.45) is 10.7 Å². The lowest BCUT2D eigenvalue weighted by atomic mass is 9.96. The number of aliphatic imine (C=N–C) groups is 1. The van der Waals surface area contributed by atoms with Crippen LogP contribution in [0.2, 0.25) is 0 Å². The number of guanidine groups is 1. The fourth-order valence-corrected chi connectivity index (χ4v) is 3.51. The molecule has 1 aliphatic rings. The molecule has 2 rings (SSSR count). The van der Waals surface area contributed by atoms with Crippen molar-refractivity contribution in [2.45, 2.75) is 44.7 Å². The zero-order valence-corrected chi connectivity index (χ0v) is 12.2. The molecule has 0 unspecified atom stereocenters. The first-order valence-electron chi connectivity index (χ1n) is 6.05. The van der Waals surface area contributed by atoms with Gasteiger partial charge >= 0.3 is 0 Å². The third kappa shape index (κ3) is 4.32. The summed E-state index contributed by atoms with van der Waals surface area (Å²) in [5.41, 5.74) is 5.89. The van der Waals surface area contributed by atoms with Gasteiger partial charge in [-0.2, -0.15) is 0 Å². The Morgan fingerprint density at radius 3 is 2.82 bits per heavy atom. The van der Waals surface area contributed by atoms with E-state index in [0.29, 0.717) is 18.5 Å². The molecule has 3 nitrogen and oxygen atoms in total. The minimum Gasteiger partial charge on any atom is -0.370 e. The van der Waals surface area contributed by atoms with Crippen LogP contribution in [-0.2, 0) is 6.54 Å². The van der Waals surface area contributed by atoms with Crippen molar-refractivity contribution >= 4 is 33.2 Å². The van der Waals surface area contributed by atoms with Gasteiger partial charge in [0.1, 0.15) is 0 Å². The third-order valence-corrected chi connectivity index (χ3v) is 4.60.